The van der Waals surface area contributed by atoms with Gasteiger partial charge in [-0.1, -0.05) is 17.7 Å². The number of hydrogen-bond donors (Lipinski definition) is 1. The van der Waals surface area contributed by atoms with Gasteiger partial charge in [0.1, 0.15) is 11.5 Å². The normalized spacial score (nSPS) is 12.0. The first-order chi connectivity index (χ1) is 9.88. The summed E-state index contributed by atoms with van der Waals surface area (Å²) in [7, 11) is 0. The maximum atomic E-state index is 13.5. The molecular formula is C14H11ClFNO4. The zero-order chi connectivity index (χ0) is 15.6. The molecule has 0 fully saturated rings. The number of rotatable bonds is 4. The molecule has 2 aromatic rings. The van der Waals surface area contributed by atoms with E-state index < -0.39 is 22.5 Å². The molecule has 0 heterocycles. The van der Waals surface area contributed by atoms with Crippen LogP contribution in [-0.4, -0.2) is 10.0 Å². The topological polar surface area (TPSA) is 72.6 Å². The number of nitro benzene ring substituents is 1. The minimum atomic E-state index is -0.991. The largest absolute Gasteiger partial charge is 0.456 e. The summed E-state index contributed by atoms with van der Waals surface area (Å²) >= 11 is 6.01. The van der Waals surface area contributed by atoms with E-state index in [-0.39, 0.29) is 16.5 Å². The van der Waals surface area contributed by atoms with Gasteiger partial charge in [-0.2, -0.15) is 4.39 Å². The minimum Gasteiger partial charge on any atom is -0.456 e. The molecule has 21 heavy (non-hydrogen) atoms. The van der Waals surface area contributed by atoms with E-state index in [9.17, 15) is 19.6 Å². The number of aliphatic hydroxyl groups excluding tert-OH is 1. The fourth-order valence-electron chi connectivity index (χ4n) is 1.69. The molecule has 1 atom stereocenters. The third-order valence-corrected chi connectivity index (χ3v) is 3.08. The molecular weight excluding hydrogens is 301 g/mol. The Hall–Kier alpha value is -2.18. The van der Waals surface area contributed by atoms with Gasteiger partial charge in [0.25, 0.3) is 0 Å². The fourth-order valence-corrected chi connectivity index (χ4v) is 1.91. The second-order valence-electron chi connectivity index (χ2n) is 4.34. The van der Waals surface area contributed by atoms with Gasteiger partial charge in [0.15, 0.2) is 0 Å². The van der Waals surface area contributed by atoms with E-state index in [0.29, 0.717) is 5.56 Å². The molecule has 0 saturated carbocycles. The summed E-state index contributed by atoms with van der Waals surface area (Å²) in [5.74, 6) is -0.645. The molecule has 0 spiro atoms. The van der Waals surface area contributed by atoms with Crippen LogP contribution in [0.25, 0.3) is 0 Å². The smallest absolute Gasteiger partial charge is 0.305 e. The Morgan fingerprint density at radius 3 is 2.57 bits per heavy atom. The van der Waals surface area contributed by atoms with Crippen LogP contribution >= 0.6 is 11.6 Å². The fraction of sp³-hybridized carbons (Fsp3) is 0.143. The molecule has 110 valence electrons. The van der Waals surface area contributed by atoms with E-state index in [1.165, 1.54) is 18.2 Å². The molecule has 0 aliphatic rings. The number of hydrogen-bond acceptors (Lipinski definition) is 4. The molecule has 1 unspecified atom stereocenters. The SMILES string of the molecule is CC(O)c1ccc(Oc2ccc([N+](=O)[O-])c(F)c2)c(Cl)c1. The van der Waals surface area contributed by atoms with Gasteiger partial charge < -0.3 is 9.84 Å². The Morgan fingerprint density at radius 1 is 1.33 bits per heavy atom. The molecule has 5 nitrogen and oxygen atoms in total. The monoisotopic (exact) mass is 311 g/mol. The van der Waals surface area contributed by atoms with Gasteiger partial charge in [-0.15, -0.1) is 0 Å². The summed E-state index contributed by atoms with van der Waals surface area (Å²) < 4.78 is 18.9. The number of halogens is 2. The van der Waals surface area contributed by atoms with Crippen molar-refractivity contribution in [3.8, 4) is 11.5 Å². The highest BCUT2D eigenvalue weighted by atomic mass is 35.5. The Balaban J connectivity index is 2.26. The van der Waals surface area contributed by atoms with Crippen LogP contribution in [0.15, 0.2) is 36.4 Å². The van der Waals surface area contributed by atoms with Crippen molar-refractivity contribution in [3.05, 3.63) is 62.9 Å². The molecule has 2 aromatic carbocycles. The van der Waals surface area contributed by atoms with Crippen molar-refractivity contribution in [1.29, 1.82) is 0 Å². The van der Waals surface area contributed by atoms with Gasteiger partial charge in [-0.05, 0) is 30.7 Å². The number of nitro groups is 1. The Labute approximate surface area is 124 Å². The number of ether oxygens (including phenoxy) is 1. The van der Waals surface area contributed by atoms with Crippen molar-refractivity contribution < 1.29 is 19.2 Å². The van der Waals surface area contributed by atoms with Crippen molar-refractivity contribution in [2.45, 2.75) is 13.0 Å². The van der Waals surface area contributed by atoms with Crippen LogP contribution in [0, 0.1) is 15.9 Å². The summed E-state index contributed by atoms with van der Waals surface area (Å²) in [5, 5.41) is 20.2. The Kier molecular flexibility index (Phi) is 4.40. The second kappa shape index (κ2) is 6.07. The highest BCUT2D eigenvalue weighted by Crippen LogP contribution is 2.33. The van der Waals surface area contributed by atoms with Crippen molar-refractivity contribution in [3.63, 3.8) is 0 Å². The molecule has 0 radical (unpaired) electrons. The molecule has 1 N–H and O–H groups in total. The van der Waals surface area contributed by atoms with Crippen molar-refractivity contribution in [2.24, 2.45) is 0 Å². The quantitative estimate of drug-likeness (QED) is 0.677. The second-order valence-corrected chi connectivity index (χ2v) is 4.75. The number of aliphatic hydroxyl groups is 1. The highest BCUT2D eigenvalue weighted by molar-refractivity contribution is 6.32. The molecule has 0 aliphatic carbocycles. The zero-order valence-corrected chi connectivity index (χ0v) is 11.7. The van der Waals surface area contributed by atoms with Gasteiger partial charge in [0.05, 0.1) is 16.0 Å². The lowest BCUT2D eigenvalue weighted by Gasteiger charge is -2.10. The van der Waals surface area contributed by atoms with Crippen molar-refractivity contribution in [1.82, 2.24) is 0 Å². The third-order valence-electron chi connectivity index (χ3n) is 2.78. The molecule has 0 aromatic heterocycles. The number of benzene rings is 2. The molecule has 0 amide bonds. The zero-order valence-electron chi connectivity index (χ0n) is 10.9. The van der Waals surface area contributed by atoms with E-state index >= 15 is 0 Å². The molecule has 0 bridgehead atoms. The summed E-state index contributed by atoms with van der Waals surface area (Å²) in [6, 6.07) is 7.89. The van der Waals surface area contributed by atoms with E-state index in [1.54, 1.807) is 13.0 Å². The van der Waals surface area contributed by atoms with E-state index in [1.807, 2.05) is 0 Å². The van der Waals surface area contributed by atoms with Crippen LogP contribution in [0.4, 0.5) is 10.1 Å². The molecule has 0 aliphatic heterocycles. The lowest BCUT2D eigenvalue weighted by atomic mass is 10.1. The average molecular weight is 312 g/mol. The van der Waals surface area contributed by atoms with Gasteiger partial charge in [-0.25, -0.2) is 0 Å². The van der Waals surface area contributed by atoms with Crippen LogP contribution in [-0.2, 0) is 0 Å². The standard InChI is InChI=1S/C14H11ClFNO4/c1-8(18)9-2-5-14(11(15)6-9)21-10-3-4-13(17(19)20)12(16)7-10/h2-8,18H,1H3. The predicted molar refractivity (Wildman–Crippen MR) is 75.2 cm³/mol. The van der Waals surface area contributed by atoms with Crippen LogP contribution in [0.5, 0.6) is 11.5 Å². The average Bonchev–Trinajstić information content (AvgIpc) is 2.40. The van der Waals surface area contributed by atoms with E-state index in [4.69, 9.17) is 16.3 Å². The van der Waals surface area contributed by atoms with Crippen LogP contribution in [0.3, 0.4) is 0 Å². The van der Waals surface area contributed by atoms with Crippen LogP contribution in [0.2, 0.25) is 5.02 Å². The summed E-state index contributed by atoms with van der Waals surface area (Å²) in [6.45, 7) is 1.60. The summed E-state index contributed by atoms with van der Waals surface area (Å²) in [6.07, 6.45) is -0.673. The third kappa shape index (κ3) is 3.48. The first kappa shape index (κ1) is 15.2. The predicted octanol–water partition coefficient (Wildman–Crippen LogP) is 4.23. The summed E-state index contributed by atoms with van der Waals surface area (Å²) in [5.41, 5.74) is -0.0138. The van der Waals surface area contributed by atoms with E-state index in [2.05, 4.69) is 0 Å². The molecule has 2 rings (SSSR count). The first-order valence-electron chi connectivity index (χ1n) is 5.98. The van der Waals surface area contributed by atoms with Crippen molar-refractivity contribution >= 4 is 17.3 Å². The Morgan fingerprint density at radius 2 is 2.05 bits per heavy atom. The minimum absolute atomic E-state index is 0.0878. The van der Waals surface area contributed by atoms with Crippen LogP contribution < -0.4 is 4.74 Å². The molecule has 0 saturated heterocycles. The number of nitrogens with zero attached hydrogens (tertiary/aromatic N) is 1. The highest BCUT2D eigenvalue weighted by Gasteiger charge is 2.15. The van der Waals surface area contributed by atoms with Gasteiger partial charge in [0, 0.05) is 12.1 Å². The summed E-state index contributed by atoms with van der Waals surface area (Å²) in [4.78, 5) is 9.71. The maximum absolute atomic E-state index is 13.5. The first-order valence-corrected chi connectivity index (χ1v) is 6.35. The van der Waals surface area contributed by atoms with Gasteiger partial charge in [-0.3, -0.25) is 10.1 Å². The lowest BCUT2D eigenvalue weighted by Crippen LogP contribution is -1.94. The molecule has 7 heteroatoms. The lowest BCUT2D eigenvalue weighted by molar-refractivity contribution is -0.387. The van der Waals surface area contributed by atoms with Gasteiger partial charge in [0.2, 0.25) is 5.82 Å². The van der Waals surface area contributed by atoms with Crippen molar-refractivity contribution in [2.75, 3.05) is 0 Å². The maximum Gasteiger partial charge on any atom is 0.305 e. The Bertz CT molecular complexity index is 691. The van der Waals surface area contributed by atoms with Crippen LogP contribution in [0.1, 0.15) is 18.6 Å². The van der Waals surface area contributed by atoms with E-state index in [0.717, 1.165) is 12.1 Å². The van der Waals surface area contributed by atoms with Gasteiger partial charge >= 0.3 is 5.69 Å².